The number of rotatable bonds is 7. The van der Waals surface area contributed by atoms with E-state index in [0.29, 0.717) is 29.8 Å². The van der Waals surface area contributed by atoms with E-state index in [1.54, 1.807) is 24.3 Å². The maximum atomic E-state index is 13.1. The van der Waals surface area contributed by atoms with Crippen LogP contribution in [-0.4, -0.2) is 11.8 Å². The van der Waals surface area contributed by atoms with Crippen molar-refractivity contribution in [3.8, 4) is 0 Å². The van der Waals surface area contributed by atoms with Crippen molar-refractivity contribution in [2.45, 2.75) is 33.1 Å². The number of aryl methyl sites for hydroxylation is 1. The molecule has 0 saturated carbocycles. The summed E-state index contributed by atoms with van der Waals surface area (Å²) < 4.78 is 26.0. The number of nitrogens with one attached hydrogen (secondary N) is 2. The molecule has 0 bridgehead atoms. The number of hydrogen-bond donors (Lipinski definition) is 2. The highest BCUT2D eigenvalue weighted by atomic mass is 19.2. The number of carbonyl (C=O) groups excluding carboxylic acids is 2. The van der Waals surface area contributed by atoms with Crippen LogP contribution in [0, 0.1) is 17.6 Å². The van der Waals surface area contributed by atoms with Crippen LogP contribution in [0.25, 0.3) is 0 Å². The molecule has 4 nitrogen and oxygen atoms in total. The molecule has 138 valence electrons. The van der Waals surface area contributed by atoms with Gasteiger partial charge in [0.25, 0.3) is 0 Å². The lowest BCUT2D eigenvalue weighted by molar-refractivity contribution is -0.117. The van der Waals surface area contributed by atoms with E-state index >= 15 is 0 Å². The van der Waals surface area contributed by atoms with Gasteiger partial charge in [0.1, 0.15) is 0 Å². The smallest absolute Gasteiger partial charge is 0.224 e. The van der Waals surface area contributed by atoms with Crippen LogP contribution in [0.3, 0.4) is 0 Å². The summed E-state index contributed by atoms with van der Waals surface area (Å²) in [6.45, 7) is 3.94. The van der Waals surface area contributed by atoms with E-state index in [1.165, 1.54) is 6.07 Å². The molecule has 2 N–H and O–H groups in total. The Morgan fingerprint density at radius 2 is 1.46 bits per heavy atom. The zero-order chi connectivity index (χ0) is 19.1. The Morgan fingerprint density at radius 1 is 0.885 bits per heavy atom. The number of benzene rings is 2. The standard InChI is InChI=1S/C20H22F2N2O2/c1-13(2)11-20(26)24-16-7-5-15(6-8-16)23-19(25)10-4-14-3-9-17(21)18(22)12-14/h3,5-9,12-13H,4,10-11H2,1-2H3,(H,23,25)(H,24,26). The molecule has 0 aliphatic carbocycles. The molecule has 2 aromatic carbocycles. The normalized spacial score (nSPS) is 10.7. The van der Waals surface area contributed by atoms with Gasteiger partial charge in [-0.05, 0) is 54.3 Å². The lowest BCUT2D eigenvalue weighted by Gasteiger charge is -2.09. The highest BCUT2D eigenvalue weighted by molar-refractivity contribution is 5.93. The van der Waals surface area contributed by atoms with Crippen molar-refractivity contribution in [3.63, 3.8) is 0 Å². The zero-order valence-corrected chi connectivity index (χ0v) is 14.8. The van der Waals surface area contributed by atoms with Gasteiger partial charge in [-0.15, -0.1) is 0 Å². The molecule has 0 unspecified atom stereocenters. The fourth-order valence-electron chi connectivity index (χ4n) is 2.40. The van der Waals surface area contributed by atoms with Crippen LogP contribution in [0.2, 0.25) is 0 Å². The first-order valence-corrected chi connectivity index (χ1v) is 8.47. The molecule has 26 heavy (non-hydrogen) atoms. The van der Waals surface area contributed by atoms with Crippen molar-refractivity contribution in [2.24, 2.45) is 5.92 Å². The third-order valence-corrected chi connectivity index (χ3v) is 3.67. The summed E-state index contributed by atoms with van der Waals surface area (Å²) in [5.74, 6) is -1.82. The van der Waals surface area contributed by atoms with Crippen molar-refractivity contribution in [2.75, 3.05) is 10.6 Å². The van der Waals surface area contributed by atoms with Crippen LogP contribution < -0.4 is 10.6 Å². The lowest BCUT2D eigenvalue weighted by atomic mass is 10.1. The number of anilines is 2. The molecule has 0 spiro atoms. The van der Waals surface area contributed by atoms with E-state index < -0.39 is 11.6 Å². The van der Waals surface area contributed by atoms with Crippen molar-refractivity contribution in [1.29, 1.82) is 0 Å². The van der Waals surface area contributed by atoms with Gasteiger partial charge >= 0.3 is 0 Å². The van der Waals surface area contributed by atoms with Crippen LogP contribution in [0.1, 0.15) is 32.3 Å². The Kier molecular flexibility index (Phi) is 6.83. The van der Waals surface area contributed by atoms with Gasteiger partial charge < -0.3 is 10.6 Å². The van der Waals surface area contributed by atoms with Crippen molar-refractivity contribution >= 4 is 23.2 Å². The Bertz CT molecular complexity index is 774. The van der Waals surface area contributed by atoms with Gasteiger partial charge in [0, 0.05) is 24.2 Å². The Hall–Kier alpha value is -2.76. The first kappa shape index (κ1) is 19.6. The molecule has 0 aliphatic heterocycles. The van der Waals surface area contributed by atoms with Crippen molar-refractivity contribution in [3.05, 3.63) is 59.7 Å². The largest absolute Gasteiger partial charge is 0.326 e. The van der Waals surface area contributed by atoms with Crippen LogP contribution in [0.5, 0.6) is 0 Å². The van der Waals surface area contributed by atoms with E-state index in [4.69, 9.17) is 0 Å². The van der Waals surface area contributed by atoms with Gasteiger partial charge in [-0.2, -0.15) is 0 Å². The molecule has 2 aromatic rings. The Labute approximate surface area is 151 Å². The average molecular weight is 360 g/mol. The molecule has 6 heteroatoms. The van der Waals surface area contributed by atoms with E-state index in [0.717, 1.165) is 12.1 Å². The van der Waals surface area contributed by atoms with Gasteiger partial charge in [-0.1, -0.05) is 19.9 Å². The molecule has 2 rings (SSSR count). The first-order chi connectivity index (χ1) is 12.3. The number of carbonyl (C=O) groups is 2. The molecule has 0 saturated heterocycles. The molecule has 0 atom stereocenters. The minimum Gasteiger partial charge on any atom is -0.326 e. The predicted molar refractivity (Wildman–Crippen MR) is 97.8 cm³/mol. The van der Waals surface area contributed by atoms with E-state index in [1.807, 2.05) is 13.8 Å². The second kappa shape index (κ2) is 9.08. The highest BCUT2D eigenvalue weighted by Crippen LogP contribution is 2.16. The molecule has 0 radical (unpaired) electrons. The van der Waals surface area contributed by atoms with Crippen LogP contribution >= 0.6 is 0 Å². The SMILES string of the molecule is CC(C)CC(=O)Nc1ccc(NC(=O)CCc2ccc(F)c(F)c2)cc1. The van der Waals surface area contributed by atoms with Gasteiger partial charge in [0.2, 0.25) is 11.8 Å². The third kappa shape index (κ3) is 6.27. The monoisotopic (exact) mass is 360 g/mol. The van der Waals surface area contributed by atoms with Crippen molar-refractivity contribution < 1.29 is 18.4 Å². The lowest BCUT2D eigenvalue weighted by Crippen LogP contribution is -2.14. The summed E-state index contributed by atoms with van der Waals surface area (Å²) in [6, 6.07) is 10.4. The van der Waals surface area contributed by atoms with E-state index in [2.05, 4.69) is 10.6 Å². The number of amides is 2. The highest BCUT2D eigenvalue weighted by Gasteiger charge is 2.08. The average Bonchev–Trinajstić information content (AvgIpc) is 2.57. The van der Waals surface area contributed by atoms with E-state index in [-0.39, 0.29) is 24.2 Å². The van der Waals surface area contributed by atoms with Crippen molar-refractivity contribution in [1.82, 2.24) is 0 Å². The molecule has 2 amide bonds. The second-order valence-corrected chi connectivity index (χ2v) is 6.52. The fourth-order valence-corrected chi connectivity index (χ4v) is 2.40. The van der Waals surface area contributed by atoms with Crippen LogP contribution in [0.15, 0.2) is 42.5 Å². The van der Waals surface area contributed by atoms with Crippen LogP contribution in [0.4, 0.5) is 20.2 Å². The summed E-state index contributed by atoms with van der Waals surface area (Å²) in [5, 5.41) is 5.52. The fraction of sp³-hybridized carbons (Fsp3) is 0.300. The third-order valence-electron chi connectivity index (χ3n) is 3.67. The van der Waals surface area contributed by atoms with Crippen LogP contribution in [-0.2, 0) is 16.0 Å². The summed E-state index contributed by atoms with van der Waals surface area (Å²) in [4.78, 5) is 23.7. The zero-order valence-electron chi connectivity index (χ0n) is 14.8. The molecule has 0 aliphatic rings. The summed E-state index contributed by atoms with van der Waals surface area (Å²) in [5.41, 5.74) is 1.82. The van der Waals surface area contributed by atoms with Gasteiger partial charge in [-0.3, -0.25) is 9.59 Å². The van der Waals surface area contributed by atoms with E-state index in [9.17, 15) is 18.4 Å². The Balaban J connectivity index is 1.83. The predicted octanol–water partition coefficient (Wildman–Crippen LogP) is 4.52. The van der Waals surface area contributed by atoms with Gasteiger partial charge in [0.05, 0.1) is 0 Å². The first-order valence-electron chi connectivity index (χ1n) is 8.47. The number of hydrogen-bond acceptors (Lipinski definition) is 2. The maximum Gasteiger partial charge on any atom is 0.224 e. The Morgan fingerprint density at radius 3 is 2.00 bits per heavy atom. The minimum absolute atomic E-state index is 0.0525. The summed E-state index contributed by atoms with van der Waals surface area (Å²) in [7, 11) is 0. The van der Waals surface area contributed by atoms with Gasteiger partial charge in [0.15, 0.2) is 11.6 Å². The molecular formula is C20H22F2N2O2. The quantitative estimate of drug-likeness (QED) is 0.763. The maximum absolute atomic E-state index is 13.1. The molecule has 0 heterocycles. The molecule has 0 fully saturated rings. The minimum atomic E-state index is -0.919. The molecule has 0 aromatic heterocycles. The second-order valence-electron chi connectivity index (χ2n) is 6.52. The molecular weight excluding hydrogens is 338 g/mol. The topological polar surface area (TPSA) is 58.2 Å². The summed E-state index contributed by atoms with van der Waals surface area (Å²) in [6.07, 6.45) is 0.910. The number of halogens is 2. The van der Waals surface area contributed by atoms with Gasteiger partial charge in [-0.25, -0.2) is 8.78 Å². The summed E-state index contributed by atoms with van der Waals surface area (Å²) >= 11 is 0.